The zero-order valence-electron chi connectivity index (χ0n) is 10.7. The predicted molar refractivity (Wildman–Crippen MR) is 72.8 cm³/mol. The summed E-state index contributed by atoms with van der Waals surface area (Å²) in [5, 5.41) is 2.77. The summed E-state index contributed by atoms with van der Waals surface area (Å²) in [7, 11) is 0. The molecule has 0 atom stereocenters. The number of nitrogens with zero attached hydrogens (tertiary/aromatic N) is 1. The molecule has 1 aliphatic heterocycles. The van der Waals surface area contributed by atoms with E-state index in [2.05, 4.69) is 5.32 Å². The van der Waals surface area contributed by atoms with E-state index in [9.17, 15) is 9.59 Å². The van der Waals surface area contributed by atoms with Gasteiger partial charge in [0.1, 0.15) is 6.54 Å². The number of rotatable bonds is 1. The van der Waals surface area contributed by atoms with Crippen LogP contribution in [-0.4, -0.2) is 29.3 Å². The number of carbonyl (C=O) groups excluding carboxylic acids is 2. The fraction of sp³-hybridized carbons (Fsp3) is 0.429. The van der Waals surface area contributed by atoms with E-state index in [1.807, 2.05) is 0 Å². The molecule has 0 saturated heterocycles. The normalized spacial score (nSPS) is 20.1. The Balaban J connectivity index is 2.03. The molecule has 0 aromatic heterocycles. The van der Waals surface area contributed by atoms with Gasteiger partial charge >= 0.3 is 0 Å². The summed E-state index contributed by atoms with van der Waals surface area (Å²) in [4.78, 5) is 26.3. The van der Waals surface area contributed by atoms with E-state index >= 15 is 0 Å². The molecule has 3 rings (SSSR count). The molecule has 2 amide bonds. The number of anilines is 2. The number of nitrogens with two attached hydrogens (primary N) is 1. The van der Waals surface area contributed by atoms with Crippen LogP contribution < -0.4 is 11.1 Å². The van der Waals surface area contributed by atoms with Crippen LogP contribution in [0.25, 0.3) is 0 Å². The maximum atomic E-state index is 12.6. The van der Waals surface area contributed by atoms with E-state index in [0.717, 1.165) is 25.7 Å². The zero-order chi connectivity index (χ0) is 13.4. The van der Waals surface area contributed by atoms with Gasteiger partial charge in [0.15, 0.2) is 0 Å². The van der Waals surface area contributed by atoms with E-state index < -0.39 is 0 Å². The van der Waals surface area contributed by atoms with Crippen molar-refractivity contribution in [3.63, 3.8) is 0 Å². The van der Waals surface area contributed by atoms with Crippen molar-refractivity contribution in [1.82, 2.24) is 4.90 Å². The molecule has 0 radical (unpaired) electrons. The van der Waals surface area contributed by atoms with Crippen LogP contribution >= 0.6 is 0 Å². The van der Waals surface area contributed by atoms with Crippen molar-refractivity contribution in [3.8, 4) is 0 Å². The van der Waals surface area contributed by atoms with Crippen LogP contribution in [0.3, 0.4) is 0 Å². The van der Waals surface area contributed by atoms with E-state index in [1.165, 1.54) is 0 Å². The molecule has 5 nitrogen and oxygen atoms in total. The van der Waals surface area contributed by atoms with Crippen LogP contribution in [-0.2, 0) is 4.79 Å². The standard InChI is InChI=1S/C14H17N3O2/c15-10-6-3-7-11-13(10)14(19)17(8-12(18)16-11)9-4-1-2-5-9/h3,6-7,9H,1-2,4-5,8,15H2,(H,16,18). The van der Waals surface area contributed by atoms with Gasteiger partial charge < -0.3 is 16.0 Å². The Morgan fingerprint density at radius 3 is 2.68 bits per heavy atom. The van der Waals surface area contributed by atoms with Crippen molar-refractivity contribution in [2.75, 3.05) is 17.6 Å². The molecule has 0 unspecified atom stereocenters. The fourth-order valence-corrected chi connectivity index (χ4v) is 2.98. The molecule has 100 valence electrons. The molecule has 3 N–H and O–H groups in total. The summed E-state index contributed by atoms with van der Waals surface area (Å²) < 4.78 is 0. The van der Waals surface area contributed by atoms with Crippen LogP contribution in [0.2, 0.25) is 0 Å². The molecule has 1 aliphatic carbocycles. The van der Waals surface area contributed by atoms with E-state index in [0.29, 0.717) is 16.9 Å². The molecule has 1 heterocycles. The largest absolute Gasteiger partial charge is 0.398 e. The monoisotopic (exact) mass is 259 g/mol. The lowest BCUT2D eigenvalue weighted by atomic mass is 10.1. The minimum Gasteiger partial charge on any atom is -0.398 e. The Bertz CT molecular complexity index is 535. The Labute approximate surface area is 111 Å². The lowest BCUT2D eigenvalue weighted by Gasteiger charge is -2.26. The van der Waals surface area contributed by atoms with Gasteiger partial charge in [-0.25, -0.2) is 0 Å². The summed E-state index contributed by atoms with van der Waals surface area (Å²) in [5.74, 6) is -0.275. The van der Waals surface area contributed by atoms with Crippen LogP contribution in [0.1, 0.15) is 36.0 Å². The summed E-state index contributed by atoms with van der Waals surface area (Å²) >= 11 is 0. The van der Waals surface area contributed by atoms with Gasteiger partial charge in [0.25, 0.3) is 5.91 Å². The van der Waals surface area contributed by atoms with Crippen molar-refractivity contribution in [1.29, 1.82) is 0 Å². The highest BCUT2D eigenvalue weighted by atomic mass is 16.2. The number of benzene rings is 1. The number of nitrogen functional groups attached to an aromatic ring is 1. The first kappa shape index (κ1) is 12.0. The molecular weight excluding hydrogens is 242 g/mol. The van der Waals surface area contributed by atoms with Gasteiger partial charge in [-0.3, -0.25) is 9.59 Å². The Kier molecular flexibility index (Phi) is 2.89. The summed E-state index contributed by atoms with van der Waals surface area (Å²) in [6.07, 6.45) is 4.18. The fourth-order valence-electron chi connectivity index (χ4n) is 2.98. The molecule has 1 fully saturated rings. The second kappa shape index (κ2) is 4.57. The van der Waals surface area contributed by atoms with Crippen molar-refractivity contribution in [2.24, 2.45) is 0 Å². The maximum absolute atomic E-state index is 12.6. The predicted octanol–water partition coefficient (Wildman–Crippen LogP) is 1.61. The number of nitrogens with one attached hydrogen (secondary N) is 1. The van der Waals surface area contributed by atoms with Crippen molar-refractivity contribution in [2.45, 2.75) is 31.7 Å². The first-order valence-electron chi connectivity index (χ1n) is 6.66. The van der Waals surface area contributed by atoms with Gasteiger partial charge in [0, 0.05) is 11.7 Å². The Morgan fingerprint density at radius 2 is 1.95 bits per heavy atom. The number of hydrogen-bond acceptors (Lipinski definition) is 3. The quantitative estimate of drug-likeness (QED) is 0.752. The van der Waals surface area contributed by atoms with Gasteiger partial charge in [0.05, 0.1) is 11.3 Å². The van der Waals surface area contributed by atoms with Gasteiger partial charge in [0.2, 0.25) is 5.91 Å². The summed E-state index contributed by atoms with van der Waals surface area (Å²) in [6, 6.07) is 5.33. The molecule has 0 bridgehead atoms. The van der Waals surface area contributed by atoms with Gasteiger partial charge in [-0.1, -0.05) is 18.9 Å². The Hall–Kier alpha value is -2.04. The second-order valence-corrected chi connectivity index (χ2v) is 5.19. The highest BCUT2D eigenvalue weighted by Gasteiger charge is 2.33. The maximum Gasteiger partial charge on any atom is 0.258 e. The second-order valence-electron chi connectivity index (χ2n) is 5.19. The average Bonchev–Trinajstić information content (AvgIpc) is 2.85. The summed E-state index contributed by atoms with van der Waals surface area (Å²) in [6.45, 7) is 0.123. The Morgan fingerprint density at radius 1 is 1.21 bits per heavy atom. The smallest absolute Gasteiger partial charge is 0.258 e. The summed E-state index contributed by atoms with van der Waals surface area (Å²) in [5.41, 5.74) is 7.29. The van der Waals surface area contributed by atoms with Crippen LogP contribution in [0, 0.1) is 0 Å². The van der Waals surface area contributed by atoms with Gasteiger partial charge in [-0.15, -0.1) is 0 Å². The minimum absolute atomic E-state index is 0.123. The topological polar surface area (TPSA) is 75.4 Å². The van der Waals surface area contributed by atoms with Crippen LogP contribution in [0.5, 0.6) is 0 Å². The molecule has 1 aromatic rings. The molecule has 2 aliphatic rings. The third kappa shape index (κ3) is 2.05. The van der Waals surface area contributed by atoms with Gasteiger partial charge in [-0.05, 0) is 25.0 Å². The number of hydrogen-bond donors (Lipinski definition) is 2. The molecule has 1 aromatic carbocycles. The van der Waals surface area contributed by atoms with Crippen molar-refractivity contribution >= 4 is 23.2 Å². The molecule has 0 spiro atoms. The van der Waals surface area contributed by atoms with Crippen molar-refractivity contribution in [3.05, 3.63) is 23.8 Å². The number of carbonyl (C=O) groups is 2. The van der Waals surface area contributed by atoms with Crippen LogP contribution in [0.4, 0.5) is 11.4 Å². The average molecular weight is 259 g/mol. The van der Waals surface area contributed by atoms with E-state index in [4.69, 9.17) is 5.73 Å². The zero-order valence-corrected chi connectivity index (χ0v) is 10.7. The van der Waals surface area contributed by atoms with E-state index in [1.54, 1.807) is 23.1 Å². The lowest BCUT2D eigenvalue weighted by molar-refractivity contribution is -0.117. The minimum atomic E-state index is -0.149. The highest BCUT2D eigenvalue weighted by molar-refractivity contribution is 6.11. The van der Waals surface area contributed by atoms with E-state index in [-0.39, 0.29) is 24.4 Å². The molecule has 1 saturated carbocycles. The first-order valence-corrected chi connectivity index (χ1v) is 6.66. The molecule has 19 heavy (non-hydrogen) atoms. The number of amides is 2. The third-order valence-electron chi connectivity index (χ3n) is 3.92. The van der Waals surface area contributed by atoms with Gasteiger partial charge in [-0.2, -0.15) is 0 Å². The SMILES string of the molecule is Nc1cccc2c1C(=O)N(C1CCCC1)CC(=O)N2. The highest BCUT2D eigenvalue weighted by Crippen LogP contribution is 2.31. The first-order chi connectivity index (χ1) is 9.16. The molecular formula is C14H17N3O2. The van der Waals surface area contributed by atoms with Crippen LogP contribution in [0.15, 0.2) is 18.2 Å². The number of fused-ring (bicyclic) bond motifs is 1. The third-order valence-corrected chi connectivity index (χ3v) is 3.92. The van der Waals surface area contributed by atoms with Crippen molar-refractivity contribution < 1.29 is 9.59 Å². The molecule has 5 heteroatoms. The lowest BCUT2D eigenvalue weighted by Crippen LogP contribution is -2.41.